The number of aryl methyl sites for hydroxylation is 1. The molecule has 0 amide bonds. The highest BCUT2D eigenvalue weighted by molar-refractivity contribution is 7.05. The van der Waals surface area contributed by atoms with Crippen LogP contribution in [0.15, 0.2) is 6.07 Å². The first kappa shape index (κ1) is 9.12. The van der Waals surface area contributed by atoms with E-state index in [1.165, 1.54) is 11.3 Å². The van der Waals surface area contributed by atoms with E-state index >= 15 is 0 Å². The van der Waals surface area contributed by atoms with Crippen molar-refractivity contribution >= 4 is 11.5 Å². The average molecular weight is 197 g/mol. The number of nitrogens with two attached hydrogens (primary N) is 1. The molecule has 1 aromatic rings. The highest BCUT2D eigenvalue weighted by Gasteiger charge is 2.40. The van der Waals surface area contributed by atoms with Gasteiger partial charge in [0.05, 0.1) is 11.7 Å². The summed E-state index contributed by atoms with van der Waals surface area (Å²) in [5.74, 6) is 7.07. The third-order valence-corrected chi connectivity index (χ3v) is 3.69. The van der Waals surface area contributed by atoms with Gasteiger partial charge in [0.2, 0.25) is 0 Å². The number of aromatic nitrogens is 1. The Balaban J connectivity index is 2.13. The molecule has 0 saturated heterocycles. The molecule has 3 atom stereocenters. The van der Waals surface area contributed by atoms with Gasteiger partial charge in [-0.25, -0.2) is 0 Å². The molecule has 1 heterocycles. The van der Waals surface area contributed by atoms with Crippen LogP contribution >= 0.6 is 11.5 Å². The normalized spacial score (nSPS) is 28.8. The van der Waals surface area contributed by atoms with E-state index in [9.17, 15) is 0 Å². The topological polar surface area (TPSA) is 50.9 Å². The molecule has 13 heavy (non-hydrogen) atoms. The molecule has 2 rings (SSSR count). The van der Waals surface area contributed by atoms with Crippen molar-refractivity contribution in [3.05, 3.63) is 16.6 Å². The van der Waals surface area contributed by atoms with Crippen molar-refractivity contribution in [2.75, 3.05) is 0 Å². The Morgan fingerprint density at radius 2 is 2.46 bits per heavy atom. The van der Waals surface area contributed by atoms with Gasteiger partial charge in [-0.3, -0.25) is 11.3 Å². The second-order valence-corrected chi connectivity index (χ2v) is 4.73. The van der Waals surface area contributed by atoms with Crippen molar-refractivity contribution < 1.29 is 0 Å². The largest absolute Gasteiger partial charge is 0.271 e. The van der Waals surface area contributed by atoms with Crippen LogP contribution in [0.25, 0.3) is 0 Å². The molecule has 1 aliphatic carbocycles. The molecule has 0 aromatic carbocycles. The molecule has 3 unspecified atom stereocenters. The quantitative estimate of drug-likeness (QED) is 0.572. The molecule has 1 aromatic heterocycles. The van der Waals surface area contributed by atoms with E-state index < -0.39 is 0 Å². The van der Waals surface area contributed by atoms with E-state index in [4.69, 9.17) is 5.84 Å². The molecular formula is C9H15N3S. The van der Waals surface area contributed by atoms with Crippen LogP contribution in [0.4, 0.5) is 0 Å². The first-order valence-corrected chi connectivity index (χ1v) is 5.39. The van der Waals surface area contributed by atoms with Crippen LogP contribution in [0.2, 0.25) is 0 Å². The van der Waals surface area contributed by atoms with Gasteiger partial charge in [0, 0.05) is 4.88 Å². The van der Waals surface area contributed by atoms with Gasteiger partial charge in [0.25, 0.3) is 0 Å². The number of hydrogen-bond donors (Lipinski definition) is 2. The van der Waals surface area contributed by atoms with Crippen LogP contribution in [0.5, 0.6) is 0 Å². The predicted molar refractivity (Wildman–Crippen MR) is 54.2 cm³/mol. The van der Waals surface area contributed by atoms with Crippen molar-refractivity contribution in [2.24, 2.45) is 17.7 Å². The Morgan fingerprint density at radius 3 is 2.85 bits per heavy atom. The van der Waals surface area contributed by atoms with Gasteiger partial charge < -0.3 is 0 Å². The van der Waals surface area contributed by atoms with Crippen molar-refractivity contribution in [3.8, 4) is 0 Å². The fourth-order valence-electron chi connectivity index (χ4n) is 1.76. The molecule has 3 N–H and O–H groups in total. The summed E-state index contributed by atoms with van der Waals surface area (Å²) in [6.45, 7) is 4.28. The van der Waals surface area contributed by atoms with E-state index in [0.29, 0.717) is 12.0 Å². The van der Waals surface area contributed by atoms with Crippen LogP contribution in [0.1, 0.15) is 30.0 Å². The minimum Gasteiger partial charge on any atom is -0.271 e. The van der Waals surface area contributed by atoms with Gasteiger partial charge in [0.1, 0.15) is 0 Å². The minimum absolute atomic E-state index is 0.321. The lowest BCUT2D eigenvalue weighted by Gasteiger charge is -2.12. The van der Waals surface area contributed by atoms with Gasteiger partial charge in [-0.15, -0.1) is 0 Å². The van der Waals surface area contributed by atoms with E-state index in [0.717, 1.165) is 11.6 Å². The predicted octanol–water partition coefficient (Wildman–Crippen LogP) is 1.61. The zero-order chi connectivity index (χ0) is 9.42. The molecule has 0 bridgehead atoms. The van der Waals surface area contributed by atoms with E-state index in [-0.39, 0.29) is 0 Å². The Bertz CT molecular complexity index is 297. The van der Waals surface area contributed by atoms with Gasteiger partial charge >= 0.3 is 0 Å². The van der Waals surface area contributed by atoms with Gasteiger partial charge in [-0.05, 0) is 42.8 Å². The number of hydrazine groups is 1. The maximum atomic E-state index is 5.55. The molecule has 0 aliphatic heterocycles. The second kappa shape index (κ2) is 3.36. The zero-order valence-electron chi connectivity index (χ0n) is 7.95. The van der Waals surface area contributed by atoms with E-state index in [1.807, 2.05) is 6.92 Å². The highest BCUT2D eigenvalue weighted by atomic mass is 32.1. The lowest BCUT2D eigenvalue weighted by Crippen LogP contribution is -2.29. The van der Waals surface area contributed by atoms with Crippen LogP contribution in [0.3, 0.4) is 0 Å². The Kier molecular flexibility index (Phi) is 2.36. The van der Waals surface area contributed by atoms with Crippen molar-refractivity contribution in [3.63, 3.8) is 0 Å². The molecular weight excluding hydrogens is 182 g/mol. The summed E-state index contributed by atoms with van der Waals surface area (Å²) < 4.78 is 4.27. The van der Waals surface area contributed by atoms with E-state index in [1.54, 1.807) is 11.5 Å². The van der Waals surface area contributed by atoms with Crippen LogP contribution < -0.4 is 11.3 Å². The molecule has 72 valence electrons. The summed E-state index contributed by atoms with van der Waals surface area (Å²) in [6, 6.07) is 2.45. The van der Waals surface area contributed by atoms with Gasteiger partial charge in [-0.1, -0.05) is 6.92 Å². The minimum atomic E-state index is 0.321. The molecule has 1 fully saturated rings. The summed E-state index contributed by atoms with van der Waals surface area (Å²) in [4.78, 5) is 1.27. The third-order valence-electron chi connectivity index (χ3n) is 2.73. The van der Waals surface area contributed by atoms with Crippen LogP contribution in [0, 0.1) is 18.8 Å². The number of nitrogens with zero attached hydrogens (tertiary/aromatic N) is 1. The van der Waals surface area contributed by atoms with Crippen molar-refractivity contribution in [1.82, 2.24) is 9.80 Å². The lowest BCUT2D eigenvalue weighted by atomic mass is 10.1. The maximum Gasteiger partial charge on any atom is 0.0600 e. The summed E-state index contributed by atoms with van der Waals surface area (Å²) in [7, 11) is 0. The first-order chi connectivity index (χ1) is 6.22. The Morgan fingerprint density at radius 1 is 1.77 bits per heavy atom. The van der Waals surface area contributed by atoms with Gasteiger partial charge in [-0.2, -0.15) is 4.37 Å². The maximum absolute atomic E-state index is 5.55. The lowest BCUT2D eigenvalue weighted by molar-refractivity contribution is 0.483. The molecule has 1 aliphatic rings. The fourth-order valence-corrected chi connectivity index (χ4v) is 2.64. The third kappa shape index (κ3) is 1.75. The molecule has 3 nitrogen and oxygen atoms in total. The molecule has 4 heteroatoms. The molecule has 1 saturated carbocycles. The fraction of sp³-hybridized carbons (Fsp3) is 0.667. The van der Waals surface area contributed by atoms with Crippen LogP contribution in [-0.2, 0) is 0 Å². The SMILES string of the molecule is Cc1cc(C(NN)C2CC2C)sn1. The Hall–Kier alpha value is -0.450. The van der Waals surface area contributed by atoms with E-state index in [2.05, 4.69) is 22.8 Å². The summed E-state index contributed by atoms with van der Waals surface area (Å²) >= 11 is 1.56. The van der Waals surface area contributed by atoms with Crippen molar-refractivity contribution in [1.29, 1.82) is 0 Å². The smallest absolute Gasteiger partial charge is 0.0600 e. The standard InChI is InChI=1S/C9H15N3S/c1-5-3-7(5)9(11-10)8-4-6(2)12-13-8/h4-5,7,9,11H,3,10H2,1-2H3. The first-order valence-electron chi connectivity index (χ1n) is 4.61. The summed E-state index contributed by atoms with van der Waals surface area (Å²) in [5.41, 5.74) is 3.99. The Labute approximate surface area is 82.5 Å². The van der Waals surface area contributed by atoms with Gasteiger partial charge in [0.15, 0.2) is 0 Å². The average Bonchev–Trinajstić information content (AvgIpc) is 2.62. The molecule has 0 spiro atoms. The monoisotopic (exact) mass is 197 g/mol. The zero-order valence-corrected chi connectivity index (χ0v) is 8.77. The molecule has 0 radical (unpaired) electrons. The van der Waals surface area contributed by atoms with Crippen molar-refractivity contribution in [2.45, 2.75) is 26.3 Å². The van der Waals surface area contributed by atoms with Crippen LogP contribution in [-0.4, -0.2) is 4.37 Å². The highest BCUT2D eigenvalue weighted by Crippen LogP contribution is 2.47. The number of rotatable bonds is 3. The summed E-state index contributed by atoms with van der Waals surface area (Å²) in [5, 5.41) is 0. The number of hydrogen-bond acceptors (Lipinski definition) is 4. The second-order valence-electron chi connectivity index (χ2n) is 3.89. The summed E-state index contributed by atoms with van der Waals surface area (Å²) in [6.07, 6.45) is 1.28. The number of nitrogens with one attached hydrogen (secondary N) is 1.